The summed E-state index contributed by atoms with van der Waals surface area (Å²) in [4.78, 5) is 32.6. The molecule has 0 aromatic heterocycles. The van der Waals surface area contributed by atoms with Crippen molar-refractivity contribution in [1.29, 1.82) is 0 Å². The second-order valence-corrected chi connectivity index (χ2v) is 3.98. The molecule has 8 heteroatoms. The third-order valence-electron chi connectivity index (χ3n) is 2.40. The molecule has 0 aliphatic heterocycles. The van der Waals surface area contributed by atoms with Crippen LogP contribution in [-0.4, -0.2) is 32.8 Å². The zero-order valence-electron chi connectivity index (χ0n) is 9.58. The molecule has 0 fully saturated rings. The van der Waals surface area contributed by atoms with Gasteiger partial charge in [0.05, 0.1) is 4.92 Å². The average molecular weight is 288 g/mol. The Hall–Kier alpha value is -1.99. The van der Waals surface area contributed by atoms with Crippen LogP contribution in [0, 0.1) is 10.1 Å². The average Bonchev–Trinajstić information content (AvgIpc) is 2.36. The molecule has 1 unspecified atom stereocenters. The van der Waals surface area contributed by atoms with Crippen molar-refractivity contribution < 1.29 is 24.7 Å². The minimum absolute atomic E-state index is 0.0620. The number of carboxylic acid groups (broad SMARTS) is 1. The van der Waals surface area contributed by atoms with Gasteiger partial charge in [-0.2, -0.15) is 0 Å². The zero-order valence-corrected chi connectivity index (χ0v) is 10.3. The van der Waals surface area contributed by atoms with Gasteiger partial charge >= 0.3 is 5.97 Å². The molecular formula is C11H10ClNO6. The summed E-state index contributed by atoms with van der Waals surface area (Å²) in [5.41, 5.74) is -1.27. The second-order valence-electron chi connectivity index (χ2n) is 3.60. The van der Waals surface area contributed by atoms with Crippen LogP contribution in [0.2, 0.25) is 0 Å². The first-order valence-electron chi connectivity index (χ1n) is 5.17. The van der Waals surface area contributed by atoms with E-state index in [0.717, 1.165) is 12.1 Å². The molecule has 0 aliphatic rings. The van der Waals surface area contributed by atoms with Crippen LogP contribution in [0.5, 0.6) is 0 Å². The highest BCUT2D eigenvalue weighted by molar-refractivity contribution is 6.20. The highest BCUT2D eigenvalue weighted by Crippen LogP contribution is 2.28. The number of nitrogens with zero attached hydrogens (tertiary/aromatic N) is 1. The summed E-state index contributed by atoms with van der Waals surface area (Å²) in [6, 6.07) is 3.43. The Morgan fingerprint density at radius 2 is 2.05 bits per heavy atom. The van der Waals surface area contributed by atoms with E-state index >= 15 is 0 Å². The summed E-state index contributed by atoms with van der Waals surface area (Å²) in [6.07, 6.45) is -2.19. The molecule has 0 saturated carbocycles. The maximum absolute atomic E-state index is 11.8. The standard InChI is InChI=1S/C11H10ClNO6/c12-5-4-8(14)9-6(10(15)11(16)17)2-1-3-7(9)13(18)19/h1-3,10,15H,4-5H2,(H,16,17). The van der Waals surface area contributed by atoms with E-state index in [1.54, 1.807) is 0 Å². The first kappa shape index (κ1) is 15.1. The fourth-order valence-electron chi connectivity index (χ4n) is 1.59. The molecule has 0 bridgehead atoms. The quantitative estimate of drug-likeness (QED) is 0.354. The topological polar surface area (TPSA) is 118 Å². The van der Waals surface area contributed by atoms with E-state index < -0.39 is 34.0 Å². The summed E-state index contributed by atoms with van der Waals surface area (Å²) in [5.74, 6) is -2.34. The SMILES string of the molecule is O=C(CCCl)c1c(C(O)C(=O)O)cccc1[N+](=O)[O-]. The van der Waals surface area contributed by atoms with E-state index in [-0.39, 0.29) is 17.9 Å². The molecule has 0 heterocycles. The zero-order chi connectivity index (χ0) is 14.6. The maximum atomic E-state index is 11.8. The Bertz CT molecular complexity index is 530. The Morgan fingerprint density at radius 1 is 1.42 bits per heavy atom. The van der Waals surface area contributed by atoms with E-state index in [2.05, 4.69) is 0 Å². The lowest BCUT2D eigenvalue weighted by atomic mass is 9.96. The summed E-state index contributed by atoms with van der Waals surface area (Å²) < 4.78 is 0. The van der Waals surface area contributed by atoms with Gasteiger partial charge in [0, 0.05) is 23.9 Å². The van der Waals surface area contributed by atoms with E-state index in [1.807, 2.05) is 0 Å². The predicted molar refractivity (Wildman–Crippen MR) is 65.4 cm³/mol. The van der Waals surface area contributed by atoms with Crippen molar-refractivity contribution in [1.82, 2.24) is 0 Å². The molecule has 0 saturated heterocycles. The number of benzene rings is 1. The molecule has 7 nitrogen and oxygen atoms in total. The number of halogens is 1. The van der Waals surface area contributed by atoms with Crippen molar-refractivity contribution in [2.75, 3.05) is 5.88 Å². The van der Waals surface area contributed by atoms with Crippen LogP contribution >= 0.6 is 11.6 Å². The minimum Gasteiger partial charge on any atom is -0.479 e. The second kappa shape index (κ2) is 6.26. The maximum Gasteiger partial charge on any atom is 0.337 e. The van der Waals surface area contributed by atoms with Crippen LogP contribution in [0.4, 0.5) is 5.69 Å². The van der Waals surface area contributed by atoms with Gasteiger partial charge in [-0.05, 0) is 0 Å². The normalized spacial score (nSPS) is 11.9. The number of nitro benzene ring substituents is 1. The third kappa shape index (κ3) is 3.27. The Morgan fingerprint density at radius 3 is 2.53 bits per heavy atom. The molecule has 2 N–H and O–H groups in total. The smallest absolute Gasteiger partial charge is 0.337 e. The van der Waals surface area contributed by atoms with E-state index in [0.29, 0.717) is 0 Å². The van der Waals surface area contributed by atoms with Gasteiger partial charge in [0.2, 0.25) is 0 Å². The van der Waals surface area contributed by atoms with Gasteiger partial charge in [0.25, 0.3) is 5.69 Å². The molecular weight excluding hydrogens is 278 g/mol. The van der Waals surface area contributed by atoms with E-state index in [9.17, 15) is 24.8 Å². The lowest BCUT2D eigenvalue weighted by molar-refractivity contribution is -0.385. The van der Waals surface area contributed by atoms with Gasteiger partial charge in [-0.15, -0.1) is 11.6 Å². The molecule has 1 rings (SSSR count). The van der Waals surface area contributed by atoms with Gasteiger partial charge in [-0.25, -0.2) is 4.79 Å². The lowest BCUT2D eigenvalue weighted by Gasteiger charge is -2.11. The molecule has 0 aliphatic carbocycles. The molecule has 0 amide bonds. The third-order valence-corrected chi connectivity index (χ3v) is 2.59. The van der Waals surface area contributed by atoms with Crippen LogP contribution in [0.25, 0.3) is 0 Å². The van der Waals surface area contributed by atoms with Crippen molar-refractivity contribution >= 4 is 29.0 Å². The number of nitro groups is 1. The van der Waals surface area contributed by atoms with Crippen LogP contribution in [0.15, 0.2) is 18.2 Å². The number of carbonyl (C=O) groups is 2. The number of carboxylic acids is 1. The highest BCUT2D eigenvalue weighted by Gasteiger charge is 2.29. The number of ketones is 1. The number of hydrogen-bond donors (Lipinski definition) is 2. The van der Waals surface area contributed by atoms with Gasteiger partial charge in [-0.1, -0.05) is 12.1 Å². The number of rotatable bonds is 6. The van der Waals surface area contributed by atoms with Crippen LogP contribution in [-0.2, 0) is 4.79 Å². The van der Waals surface area contributed by atoms with Crippen LogP contribution < -0.4 is 0 Å². The number of aliphatic carboxylic acids is 1. The fraction of sp³-hybridized carbons (Fsp3) is 0.273. The number of Topliss-reactive ketones (excluding diaryl/α,β-unsaturated/α-hetero) is 1. The number of aliphatic hydroxyl groups excluding tert-OH is 1. The number of alkyl halides is 1. The highest BCUT2D eigenvalue weighted by atomic mass is 35.5. The van der Waals surface area contributed by atoms with Crippen molar-refractivity contribution in [3.05, 3.63) is 39.4 Å². The van der Waals surface area contributed by atoms with E-state index in [4.69, 9.17) is 16.7 Å². The molecule has 1 aromatic carbocycles. The summed E-state index contributed by atoms with van der Waals surface area (Å²) >= 11 is 5.40. The number of aliphatic hydroxyl groups is 1. The fourth-order valence-corrected chi connectivity index (χ4v) is 1.76. The monoisotopic (exact) mass is 287 g/mol. The first-order chi connectivity index (χ1) is 8.90. The van der Waals surface area contributed by atoms with Gasteiger partial charge in [0.15, 0.2) is 11.9 Å². The molecule has 0 spiro atoms. The van der Waals surface area contributed by atoms with Gasteiger partial charge in [-0.3, -0.25) is 14.9 Å². The Balaban J connectivity index is 3.46. The predicted octanol–water partition coefficient (Wildman–Crippen LogP) is 1.52. The van der Waals surface area contributed by atoms with Crippen LogP contribution in [0.1, 0.15) is 28.4 Å². The molecule has 1 aromatic rings. The minimum atomic E-state index is -2.01. The largest absolute Gasteiger partial charge is 0.479 e. The molecule has 19 heavy (non-hydrogen) atoms. The van der Waals surface area contributed by atoms with Crippen molar-refractivity contribution in [3.8, 4) is 0 Å². The molecule has 1 atom stereocenters. The Kier molecular flexibility index (Phi) is 4.96. The lowest BCUT2D eigenvalue weighted by Crippen LogP contribution is -2.16. The summed E-state index contributed by atoms with van der Waals surface area (Å²) in [6.45, 7) is 0. The molecule has 0 radical (unpaired) electrons. The van der Waals surface area contributed by atoms with Crippen molar-refractivity contribution in [3.63, 3.8) is 0 Å². The first-order valence-corrected chi connectivity index (χ1v) is 5.71. The van der Waals surface area contributed by atoms with Gasteiger partial charge < -0.3 is 10.2 Å². The van der Waals surface area contributed by atoms with E-state index in [1.165, 1.54) is 6.07 Å². The summed E-state index contributed by atoms with van der Waals surface area (Å²) in [7, 11) is 0. The number of hydrogen-bond acceptors (Lipinski definition) is 5. The van der Waals surface area contributed by atoms with Gasteiger partial charge in [0.1, 0.15) is 5.56 Å². The molecule has 102 valence electrons. The van der Waals surface area contributed by atoms with Crippen molar-refractivity contribution in [2.24, 2.45) is 0 Å². The Labute approximate surface area is 112 Å². The number of carbonyl (C=O) groups excluding carboxylic acids is 1. The summed E-state index contributed by atoms with van der Waals surface area (Å²) in [5, 5.41) is 29.1. The van der Waals surface area contributed by atoms with Crippen LogP contribution in [0.3, 0.4) is 0 Å². The van der Waals surface area contributed by atoms with Crippen molar-refractivity contribution in [2.45, 2.75) is 12.5 Å².